The Morgan fingerprint density at radius 2 is 1.96 bits per heavy atom. The molecule has 0 aliphatic carbocycles. The fourth-order valence-corrected chi connectivity index (χ4v) is 4.55. The quantitative estimate of drug-likeness (QED) is 0.614. The van der Waals surface area contributed by atoms with E-state index in [0.717, 1.165) is 57.4 Å². The summed E-state index contributed by atoms with van der Waals surface area (Å²) < 4.78 is 7.18. The molecule has 0 aliphatic rings. The van der Waals surface area contributed by atoms with Gasteiger partial charge in [0.25, 0.3) is 5.56 Å². The predicted octanol–water partition coefficient (Wildman–Crippen LogP) is 4.09. The van der Waals surface area contributed by atoms with Crippen molar-refractivity contribution in [3.8, 4) is 16.9 Å². The summed E-state index contributed by atoms with van der Waals surface area (Å²) in [5.74, 6) is 1.56. The molecule has 0 N–H and O–H groups in total. The first kappa shape index (κ1) is 19.6. The fourth-order valence-electron chi connectivity index (χ4n) is 3.47. The minimum absolute atomic E-state index is 0.0480. The maximum absolute atomic E-state index is 13.4. The summed E-state index contributed by atoms with van der Waals surface area (Å²) in [6, 6.07) is 7.88. The van der Waals surface area contributed by atoms with Gasteiger partial charge in [-0.2, -0.15) is 0 Å². The lowest BCUT2D eigenvalue weighted by atomic mass is 10.0. The van der Waals surface area contributed by atoms with Crippen LogP contribution in [0.3, 0.4) is 0 Å². The zero-order chi connectivity index (χ0) is 19.6. The van der Waals surface area contributed by atoms with E-state index >= 15 is 0 Å². The molecule has 6 heteroatoms. The SMILES string of the molecule is CCN(CC)CCn1c(C)nc2sc(C)c(-c3cccc(OC)c3)c2c1=O. The van der Waals surface area contributed by atoms with Crippen molar-refractivity contribution in [1.29, 1.82) is 0 Å². The first-order valence-electron chi connectivity index (χ1n) is 9.37. The first-order chi connectivity index (χ1) is 13.0. The highest BCUT2D eigenvalue weighted by atomic mass is 32.1. The zero-order valence-corrected chi connectivity index (χ0v) is 17.5. The van der Waals surface area contributed by atoms with Crippen LogP contribution in [0.2, 0.25) is 0 Å². The highest BCUT2D eigenvalue weighted by molar-refractivity contribution is 7.19. The normalized spacial score (nSPS) is 11.5. The van der Waals surface area contributed by atoms with Gasteiger partial charge in [-0.05, 0) is 44.6 Å². The molecule has 27 heavy (non-hydrogen) atoms. The van der Waals surface area contributed by atoms with Crippen molar-refractivity contribution >= 4 is 21.6 Å². The van der Waals surface area contributed by atoms with E-state index in [-0.39, 0.29) is 5.56 Å². The number of hydrogen-bond acceptors (Lipinski definition) is 5. The molecule has 0 fully saturated rings. The van der Waals surface area contributed by atoms with Gasteiger partial charge < -0.3 is 9.64 Å². The summed E-state index contributed by atoms with van der Waals surface area (Å²) >= 11 is 1.58. The maximum Gasteiger partial charge on any atom is 0.262 e. The second-order valence-corrected chi connectivity index (χ2v) is 7.79. The van der Waals surface area contributed by atoms with Crippen LogP contribution in [0.25, 0.3) is 21.3 Å². The van der Waals surface area contributed by atoms with Gasteiger partial charge in [-0.15, -0.1) is 11.3 Å². The van der Waals surface area contributed by atoms with Gasteiger partial charge in [0.2, 0.25) is 0 Å². The topological polar surface area (TPSA) is 47.4 Å². The van der Waals surface area contributed by atoms with Gasteiger partial charge in [-0.3, -0.25) is 9.36 Å². The van der Waals surface area contributed by atoms with Crippen LogP contribution in [0, 0.1) is 13.8 Å². The van der Waals surface area contributed by atoms with Crippen molar-refractivity contribution in [1.82, 2.24) is 14.5 Å². The van der Waals surface area contributed by atoms with E-state index in [0.29, 0.717) is 6.54 Å². The summed E-state index contributed by atoms with van der Waals surface area (Å²) in [7, 11) is 1.66. The van der Waals surface area contributed by atoms with Gasteiger partial charge in [0.1, 0.15) is 16.4 Å². The molecule has 144 valence electrons. The van der Waals surface area contributed by atoms with Crippen LogP contribution in [0.4, 0.5) is 0 Å². The second kappa shape index (κ2) is 8.23. The Bertz CT molecular complexity index is 1000. The lowest BCUT2D eigenvalue weighted by molar-refractivity contribution is 0.288. The largest absolute Gasteiger partial charge is 0.497 e. The third-order valence-corrected chi connectivity index (χ3v) is 6.07. The van der Waals surface area contributed by atoms with Crippen molar-refractivity contribution in [3.63, 3.8) is 0 Å². The number of aromatic nitrogens is 2. The number of thiophene rings is 1. The van der Waals surface area contributed by atoms with E-state index in [1.807, 2.05) is 35.8 Å². The van der Waals surface area contributed by atoms with Gasteiger partial charge in [-0.1, -0.05) is 26.0 Å². The Labute approximate surface area is 164 Å². The highest BCUT2D eigenvalue weighted by Gasteiger charge is 2.19. The summed E-state index contributed by atoms with van der Waals surface area (Å²) in [5.41, 5.74) is 2.02. The molecule has 0 spiro atoms. The maximum atomic E-state index is 13.4. The van der Waals surface area contributed by atoms with Crippen molar-refractivity contribution in [2.45, 2.75) is 34.2 Å². The molecule has 3 rings (SSSR count). The smallest absolute Gasteiger partial charge is 0.262 e. The van der Waals surface area contributed by atoms with Crippen LogP contribution in [-0.2, 0) is 6.54 Å². The van der Waals surface area contributed by atoms with E-state index in [1.54, 1.807) is 18.4 Å². The molecule has 1 aromatic carbocycles. The lowest BCUT2D eigenvalue weighted by Crippen LogP contribution is -2.32. The molecule has 0 bridgehead atoms. The van der Waals surface area contributed by atoms with E-state index in [4.69, 9.17) is 9.72 Å². The Kier molecular flexibility index (Phi) is 5.97. The molecule has 0 radical (unpaired) electrons. The lowest BCUT2D eigenvalue weighted by Gasteiger charge is -2.19. The molecule has 0 amide bonds. The minimum atomic E-state index is 0.0480. The number of fused-ring (bicyclic) bond motifs is 1. The van der Waals surface area contributed by atoms with Crippen LogP contribution in [0.15, 0.2) is 29.1 Å². The van der Waals surface area contributed by atoms with Gasteiger partial charge >= 0.3 is 0 Å². The van der Waals surface area contributed by atoms with Crippen LogP contribution in [0.5, 0.6) is 5.75 Å². The molecule has 0 atom stereocenters. The molecule has 0 saturated carbocycles. The number of benzene rings is 1. The van der Waals surface area contributed by atoms with Crippen LogP contribution < -0.4 is 10.3 Å². The average Bonchev–Trinajstić information content (AvgIpc) is 3.00. The fraction of sp³-hybridized carbons (Fsp3) is 0.429. The Morgan fingerprint density at radius 1 is 1.22 bits per heavy atom. The van der Waals surface area contributed by atoms with Crippen molar-refractivity contribution in [3.05, 3.63) is 45.3 Å². The number of rotatable bonds is 7. The summed E-state index contributed by atoms with van der Waals surface area (Å²) in [4.78, 5) is 22.4. The molecule has 2 heterocycles. The average molecular weight is 386 g/mol. The van der Waals surface area contributed by atoms with Crippen LogP contribution in [-0.4, -0.2) is 41.2 Å². The zero-order valence-electron chi connectivity index (χ0n) is 16.7. The molecule has 2 aromatic heterocycles. The molecular formula is C21H27N3O2S. The first-order valence-corrected chi connectivity index (χ1v) is 10.2. The Balaban J connectivity index is 2.14. The number of ether oxygens (including phenoxy) is 1. The molecule has 0 saturated heterocycles. The standard InChI is InChI=1S/C21H27N3O2S/c1-6-23(7-2)11-12-24-15(4)22-20-19(21(24)25)18(14(3)27-20)16-9-8-10-17(13-16)26-5/h8-10,13H,6-7,11-12H2,1-5H3. The van der Waals surface area contributed by atoms with Crippen LogP contribution >= 0.6 is 11.3 Å². The predicted molar refractivity (Wildman–Crippen MR) is 113 cm³/mol. The summed E-state index contributed by atoms with van der Waals surface area (Å²) in [5, 5.41) is 0.718. The number of aryl methyl sites for hydroxylation is 2. The van der Waals surface area contributed by atoms with E-state index in [2.05, 4.69) is 25.7 Å². The van der Waals surface area contributed by atoms with E-state index in [1.165, 1.54) is 0 Å². The molecule has 3 aromatic rings. The number of nitrogens with zero attached hydrogens (tertiary/aromatic N) is 3. The molecule has 0 aliphatic heterocycles. The van der Waals surface area contributed by atoms with E-state index < -0.39 is 0 Å². The third-order valence-electron chi connectivity index (χ3n) is 5.07. The van der Waals surface area contributed by atoms with Gasteiger partial charge in [0.05, 0.1) is 12.5 Å². The van der Waals surface area contributed by atoms with Crippen molar-refractivity contribution < 1.29 is 4.74 Å². The number of hydrogen-bond donors (Lipinski definition) is 0. The van der Waals surface area contributed by atoms with E-state index in [9.17, 15) is 4.79 Å². The number of methoxy groups -OCH3 is 1. The minimum Gasteiger partial charge on any atom is -0.497 e. The monoisotopic (exact) mass is 385 g/mol. The highest BCUT2D eigenvalue weighted by Crippen LogP contribution is 2.36. The summed E-state index contributed by atoms with van der Waals surface area (Å²) in [6.45, 7) is 11.7. The van der Waals surface area contributed by atoms with Crippen molar-refractivity contribution in [2.75, 3.05) is 26.7 Å². The third kappa shape index (κ3) is 3.77. The summed E-state index contributed by atoms with van der Waals surface area (Å²) in [6.07, 6.45) is 0. The number of likely N-dealkylation sites (N-methyl/N-ethyl adjacent to an activating group) is 1. The molecule has 5 nitrogen and oxygen atoms in total. The van der Waals surface area contributed by atoms with Crippen LogP contribution in [0.1, 0.15) is 24.5 Å². The Morgan fingerprint density at radius 3 is 2.63 bits per heavy atom. The molecular weight excluding hydrogens is 358 g/mol. The van der Waals surface area contributed by atoms with Gasteiger partial charge in [0.15, 0.2) is 0 Å². The van der Waals surface area contributed by atoms with Crippen molar-refractivity contribution in [2.24, 2.45) is 0 Å². The molecule has 0 unspecified atom stereocenters. The van der Waals surface area contributed by atoms with Gasteiger partial charge in [-0.25, -0.2) is 4.98 Å². The van der Waals surface area contributed by atoms with Gasteiger partial charge in [0, 0.05) is 23.5 Å². The Hall–Kier alpha value is -2.18. The second-order valence-electron chi connectivity index (χ2n) is 6.59.